The third kappa shape index (κ3) is 7.28. The van der Waals surface area contributed by atoms with Gasteiger partial charge < -0.3 is 40.6 Å². The Bertz CT molecular complexity index is 2470. The number of rotatable bonds is 9. The van der Waals surface area contributed by atoms with Crippen LogP contribution in [0.2, 0.25) is 0 Å². The Morgan fingerprint density at radius 3 is 2.21 bits per heavy atom. The molecule has 10 heteroatoms. The van der Waals surface area contributed by atoms with Gasteiger partial charge in [0.2, 0.25) is 6.41 Å². The molecule has 6 aromatic rings. The second-order valence-corrected chi connectivity index (χ2v) is 13.0. The minimum atomic E-state index is -0.617. The van der Waals surface area contributed by atoms with Crippen LogP contribution >= 0.6 is 0 Å². The molecule has 0 spiro atoms. The van der Waals surface area contributed by atoms with E-state index in [1.54, 1.807) is 19.1 Å². The van der Waals surface area contributed by atoms with Crippen LogP contribution < -0.4 is 10.6 Å². The van der Waals surface area contributed by atoms with Crippen molar-refractivity contribution in [1.82, 2.24) is 10.6 Å². The van der Waals surface area contributed by atoms with Gasteiger partial charge in [-0.25, -0.2) is 0 Å². The smallest absolute Gasteiger partial charge is 0.255 e. The normalized spacial score (nSPS) is 12.8. The molecule has 0 saturated carbocycles. The molecule has 1 aromatic heterocycles. The van der Waals surface area contributed by atoms with Gasteiger partial charge in [0.25, 0.3) is 5.91 Å². The molecule has 0 aliphatic heterocycles. The van der Waals surface area contributed by atoms with Gasteiger partial charge in [-0.05, 0) is 79.0 Å². The van der Waals surface area contributed by atoms with Crippen LogP contribution in [0.1, 0.15) is 53.7 Å². The first-order valence-corrected chi connectivity index (χ1v) is 17.0. The van der Waals surface area contributed by atoms with Crippen molar-refractivity contribution in [3.63, 3.8) is 0 Å². The lowest BCUT2D eigenvalue weighted by molar-refractivity contribution is -0.109. The number of allylic oxidation sites excluding steroid dienone is 3. The molecule has 53 heavy (non-hydrogen) atoms. The molecule has 0 aliphatic carbocycles. The van der Waals surface area contributed by atoms with Crippen LogP contribution in [0.5, 0.6) is 28.7 Å². The zero-order valence-electron chi connectivity index (χ0n) is 30.1. The number of aromatic hydroxyl groups is 5. The fraction of sp³-hybridized carbons (Fsp3) is 0.209. The molecule has 2 atom stereocenters. The molecule has 0 radical (unpaired) electrons. The van der Waals surface area contributed by atoms with Crippen molar-refractivity contribution >= 4 is 55.8 Å². The number of furan rings is 1. The molecule has 2 unspecified atom stereocenters. The van der Waals surface area contributed by atoms with E-state index in [1.807, 2.05) is 76.2 Å². The van der Waals surface area contributed by atoms with Gasteiger partial charge in [0.1, 0.15) is 16.9 Å². The maximum atomic E-state index is 13.4. The quantitative estimate of drug-likeness (QED) is 0.0341. The van der Waals surface area contributed by atoms with Crippen molar-refractivity contribution in [2.45, 2.75) is 40.5 Å². The molecule has 0 fully saturated rings. The Hall–Kier alpha value is -6.60. The number of carbonyl (C=O) groups excluding carboxylic acids is 2. The maximum Gasteiger partial charge on any atom is 0.255 e. The number of amides is 2. The van der Waals surface area contributed by atoms with Crippen LogP contribution in [0, 0.1) is 32.1 Å². The number of hydrogen-bond donors (Lipinski definition) is 7. The highest BCUT2D eigenvalue weighted by molar-refractivity contribution is 6.24. The Morgan fingerprint density at radius 1 is 0.868 bits per heavy atom. The number of fused-ring (bicyclic) bond motifs is 6. The predicted octanol–water partition coefficient (Wildman–Crippen LogP) is 8.07. The SMILES string of the molecule is C#C/C=C\C(=C/C)C(C)CNC=O.Cc1c(O)c(O)cc2c1cc(C)c1c2oc2cc3c(C(=O)NCC(C)c4ccccc4)c(O)c(O)cc3c(O)c21. The molecule has 0 saturated heterocycles. The van der Waals surface area contributed by atoms with Gasteiger partial charge in [-0.2, -0.15) is 0 Å². The summed E-state index contributed by atoms with van der Waals surface area (Å²) in [7, 11) is 0. The molecule has 5 aromatic carbocycles. The first kappa shape index (κ1) is 37.7. The summed E-state index contributed by atoms with van der Waals surface area (Å²) in [5.74, 6) is 0.189. The average Bonchev–Trinajstić information content (AvgIpc) is 3.55. The van der Waals surface area contributed by atoms with Gasteiger partial charge in [0.15, 0.2) is 23.0 Å². The van der Waals surface area contributed by atoms with E-state index in [2.05, 4.69) is 16.6 Å². The lowest BCUT2D eigenvalue weighted by atomic mass is 9.95. The summed E-state index contributed by atoms with van der Waals surface area (Å²) >= 11 is 0. The maximum absolute atomic E-state index is 13.4. The summed E-state index contributed by atoms with van der Waals surface area (Å²) < 4.78 is 6.22. The summed E-state index contributed by atoms with van der Waals surface area (Å²) in [5.41, 5.74) is 3.84. The number of phenolic OH excluding ortho intramolecular Hbond substituents is 5. The molecular formula is C43H42N2O8. The fourth-order valence-electron chi connectivity index (χ4n) is 6.60. The first-order valence-electron chi connectivity index (χ1n) is 17.0. The van der Waals surface area contributed by atoms with E-state index in [9.17, 15) is 35.1 Å². The van der Waals surface area contributed by atoms with Crippen molar-refractivity contribution < 1.29 is 39.5 Å². The molecule has 7 N–H and O–H groups in total. The largest absolute Gasteiger partial charge is 0.507 e. The molecule has 0 aliphatic rings. The summed E-state index contributed by atoms with van der Waals surface area (Å²) in [4.78, 5) is 23.4. The summed E-state index contributed by atoms with van der Waals surface area (Å²) in [5, 5.41) is 61.3. The van der Waals surface area contributed by atoms with E-state index in [1.165, 1.54) is 12.1 Å². The van der Waals surface area contributed by atoms with Crippen LogP contribution in [0.15, 0.2) is 82.8 Å². The molecule has 272 valence electrons. The van der Waals surface area contributed by atoms with Crippen LogP contribution in [0.4, 0.5) is 0 Å². The third-order valence-electron chi connectivity index (χ3n) is 9.54. The molecule has 1 heterocycles. The van der Waals surface area contributed by atoms with Gasteiger partial charge in [-0.3, -0.25) is 9.59 Å². The van der Waals surface area contributed by atoms with E-state index in [-0.39, 0.29) is 51.6 Å². The summed E-state index contributed by atoms with van der Waals surface area (Å²) in [6.45, 7) is 10.4. The second kappa shape index (κ2) is 15.7. The van der Waals surface area contributed by atoms with Crippen molar-refractivity contribution in [3.8, 4) is 41.1 Å². The number of nitrogens with one attached hydrogen (secondary N) is 2. The van der Waals surface area contributed by atoms with Crippen LogP contribution in [-0.4, -0.2) is 50.9 Å². The van der Waals surface area contributed by atoms with Crippen molar-refractivity contribution in [3.05, 3.63) is 101 Å². The molecule has 10 nitrogen and oxygen atoms in total. The van der Waals surface area contributed by atoms with Crippen LogP contribution in [0.25, 0.3) is 43.5 Å². The number of benzene rings is 5. The van der Waals surface area contributed by atoms with Crippen LogP contribution in [0.3, 0.4) is 0 Å². The van der Waals surface area contributed by atoms with E-state index in [0.29, 0.717) is 51.6 Å². The van der Waals surface area contributed by atoms with E-state index < -0.39 is 17.4 Å². The minimum Gasteiger partial charge on any atom is -0.507 e. The lowest BCUT2D eigenvalue weighted by Gasteiger charge is -2.16. The van der Waals surface area contributed by atoms with E-state index >= 15 is 0 Å². The van der Waals surface area contributed by atoms with Gasteiger partial charge in [-0.15, -0.1) is 6.42 Å². The number of aryl methyl sites for hydroxylation is 2. The van der Waals surface area contributed by atoms with Crippen molar-refractivity contribution in [1.29, 1.82) is 0 Å². The molecule has 2 amide bonds. The number of phenols is 5. The van der Waals surface area contributed by atoms with Crippen molar-refractivity contribution in [2.24, 2.45) is 5.92 Å². The Balaban J connectivity index is 0.000000357. The topological polar surface area (TPSA) is 172 Å². The lowest BCUT2D eigenvalue weighted by Crippen LogP contribution is -2.27. The van der Waals surface area contributed by atoms with Gasteiger partial charge in [0, 0.05) is 40.2 Å². The van der Waals surface area contributed by atoms with Crippen LogP contribution in [-0.2, 0) is 4.79 Å². The number of carbonyl (C=O) groups is 2. The molecular weight excluding hydrogens is 672 g/mol. The Kier molecular flexibility index (Phi) is 11.2. The second-order valence-electron chi connectivity index (χ2n) is 13.0. The Morgan fingerprint density at radius 2 is 1.55 bits per heavy atom. The van der Waals surface area contributed by atoms with Crippen molar-refractivity contribution in [2.75, 3.05) is 13.1 Å². The van der Waals surface area contributed by atoms with E-state index in [0.717, 1.165) is 16.7 Å². The number of hydrogen-bond acceptors (Lipinski definition) is 8. The minimum absolute atomic E-state index is 0.0121. The van der Waals surface area contributed by atoms with Gasteiger partial charge >= 0.3 is 0 Å². The summed E-state index contributed by atoms with van der Waals surface area (Å²) in [6, 6.07) is 15.7. The zero-order valence-corrected chi connectivity index (χ0v) is 30.1. The highest BCUT2D eigenvalue weighted by atomic mass is 16.3. The summed E-state index contributed by atoms with van der Waals surface area (Å²) in [6.07, 6.45) is 11.3. The monoisotopic (exact) mass is 714 g/mol. The first-order chi connectivity index (χ1) is 25.3. The highest BCUT2D eigenvalue weighted by Crippen LogP contribution is 2.48. The fourth-order valence-corrected chi connectivity index (χ4v) is 6.60. The zero-order chi connectivity index (χ0) is 38.6. The number of terminal acetylenes is 1. The Labute approximate surface area is 306 Å². The van der Waals surface area contributed by atoms with E-state index in [4.69, 9.17) is 10.8 Å². The predicted molar refractivity (Wildman–Crippen MR) is 209 cm³/mol. The average molecular weight is 715 g/mol. The third-order valence-corrected chi connectivity index (χ3v) is 9.54. The standard InChI is InChI=1S/C32H27NO7.C11H15NO/c1-14-9-18-16(3)28(36)22(34)11-21(18)31-25(14)27-24(40-31)12-19-20(29(27)37)10-23(35)30(38)26(19)32(39)33-13-15(2)17-7-5-4-6-8-17;1-4-6-7-11(5-2)10(3)8-12-9-13/h4-12,15,34-38H,13H2,1-3H3,(H,33,39);1,5-7,9-10H,8H2,2-3H3,(H,12,13)/b;7-6-,11-5+. The molecule has 6 rings (SSSR count). The highest BCUT2D eigenvalue weighted by Gasteiger charge is 2.26. The van der Waals surface area contributed by atoms with Gasteiger partial charge in [-0.1, -0.05) is 68.3 Å². The molecule has 0 bridgehead atoms. The van der Waals surface area contributed by atoms with Gasteiger partial charge in [0.05, 0.1) is 10.9 Å².